The van der Waals surface area contributed by atoms with Gasteiger partial charge in [-0.1, -0.05) is 24.3 Å². The predicted octanol–water partition coefficient (Wildman–Crippen LogP) is 0.210. The summed E-state index contributed by atoms with van der Waals surface area (Å²) < 4.78 is 0. The molecule has 11 heteroatoms. The van der Waals surface area contributed by atoms with E-state index in [9.17, 15) is 29.7 Å². The second kappa shape index (κ2) is 13.1. The smallest absolute Gasteiger partial charge is 0.317 e. The molecule has 1 fully saturated rings. The van der Waals surface area contributed by atoms with E-state index in [2.05, 4.69) is 9.88 Å². The molecular formula is C24H33N5O6. The van der Waals surface area contributed by atoms with Crippen molar-refractivity contribution in [3.63, 3.8) is 0 Å². The van der Waals surface area contributed by atoms with E-state index in [-0.39, 0.29) is 19.6 Å². The lowest BCUT2D eigenvalue weighted by Gasteiger charge is -2.33. The molecule has 0 saturated carbocycles. The van der Waals surface area contributed by atoms with Crippen molar-refractivity contribution in [2.75, 3.05) is 72.0 Å². The van der Waals surface area contributed by atoms with Crippen molar-refractivity contribution >= 4 is 28.7 Å². The number of benzene rings is 1. The van der Waals surface area contributed by atoms with Crippen molar-refractivity contribution in [3.8, 4) is 0 Å². The third-order valence-corrected chi connectivity index (χ3v) is 6.14. The van der Waals surface area contributed by atoms with E-state index in [1.54, 1.807) is 11.1 Å². The minimum atomic E-state index is -0.972. The number of aliphatic carboxylic acids is 3. The van der Waals surface area contributed by atoms with Crippen molar-refractivity contribution in [1.82, 2.24) is 24.6 Å². The number of carboxylic acid groups (broad SMARTS) is 3. The van der Waals surface area contributed by atoms with Crippen molar-refractivity contribution in [2.24, 2.45) is 0 Å². The molecule has 0 bridgehead atoms. The summed E-state index contributed by atoms with van der Waals surface area (Å²) in [6.45, 7) is 3.77. The Morgan fingerprint density at radius 3 is 1.54 bits per heavy atom. The van der Waals surface area contributed by atoms with E-state index in [0.29, 0.717) is 58.9 Å². The largest absolute Gasteiger partial charge is 0.480 e. The van der Waals surface area contributed by atoms with Crippen molar-refractivity contribution < 1.29 is 29.7 Å². The maximum atomic E-state index is 11.4. The molecule has 1 aromatic heterocycles. The van der Waals surface area contributed by atoms with Crippen LogP contribution in [0.5, 0.6) is 0 Å². The number of carbonyl (C=O) groups is 3. The average Bonchev–Trinajstić information content (AvgIpc) is 2.80. The molecule has 0 aliphatic carbocycles. The molecule has 11 nitrogen and oxygen atoms in total. The van der Waals surface area contributed by atoms with Gasteiger partial charge >= 0.3 is 17.9 Å². The Morgan fingerprint density at radius 1 is 0.657 bits per heavy atom. The zero-order chi connectivity index (χ0) is 25.2. The third-order valence-electron chi connectivity index (χ3n) is 6.14. The molecule has 0 atom stereocenters. The van der Waals surface area contributed by atoms with Gasteiger partial charge < -0.3 is 15.3 Å². The molecule has 2 heterocycles. The van der Waals surface area contributed by atoms with Crippen LogP contribution < -0.4 is 0 Å². The summed E-state index contributed by atoms with van der Waals surface area (Å²) in [7, 11) is 0. The van der Waals surface area contributed by atoms with E-state index in [0.717, 1.165) is 16.5 Å². The van der Waals surface area contributed by atoms with Crippen LogP contribution in [0.25, 0.3) is 10.8 Å². The Kier molecular flexibility index (Phi) is 9.91. The summed E-state index contributed by atoms with van der Waals surface area (Å²) in [5.41, 5.74) is 0.914. The van der Waals surface area contributed by atoms with Gasteiger partial charge in [-0.05, 0) is 11.5 Å². The molecule has 2 aromatic rings. The molecule has 1 aromatic carbocycles. The van der Waals surface area contributed by atoms with E-state index in [1.807, 2.05) is 40.1 Å². The first kappa shape index (κ1) is 26.5. The van der Waals surface area contributed by atoms with Gasteiger partial charge in [0.05, 0.1) is 25.3 Å². The van der Waals surface area contributed by atoms with Gasteiger partial charge in [0.2, 0.25) is 0 Å². The van der Waals surface area contributed by atoms with Crippen LogP contribution in [0.2, 0.25) is 0 Å². The first-order valence-corrected chi connectivity index (χ1v) is 11.7. The topological polar surface area (TPSA) is 138 Å². The fourth-order valence-corrected chi connectivity index (χ4v) is 4.30. The summed E-state index contributed by atoms with van der Waals surface area (Å²) >= 11 is 0. The average molecular weight is 488 g/mol. The monoisotopic (exact) mass is 487 g/mol. The van der Waals surface area contributed by atoms with Crippen LogP contribution in [-0.2, 0) is 20.9 Å². The fraction of sp³-hybridized carbons (Fsp3) is 0.500. The Bertz CT molecular complexity index is 982. The molecule has 35 heavy (non-hydrogen) atoms. The Hall–Kier alpha value is -3.12. The number of hydrogen-bond donors (Lipinski definition) is 3. The van der Waals surface area contributed by atoms with Crippen LogP contribution in [0, 0.1) is 0 Å². The van der Waals surface area contributed by atoms with Gasteiger partial charge in [-0.3, -0.25) is 39.0 Å². The lowest BCUT2D eigenvalue weighted by molar-refractivity contribution is -0.140. The summed E-state index contributed by atoms with van der Waals surface area (Å²) in [5, 5.41) is 30.1. The fourth-order valence-electron chi connectivity index (χ4n) is 4.30. The van der Waals surface area contributed by atoms with Gasteiger partial charge in [-0.15, -0.1) is 0 Å². The standard InChI is InChI=1S/C24H33N5O6/c30-22(31)16-27-9-7-26(15-21-20-4-2-1-3-19(20)5-6-25-21)8-10-28(17-23(32)33)12-14-29(13-11-27)18-24(34)35/h1-6H,7-18H2,(H,30,31)(H,32,33)(H,34,35). The molecule has 0 spiro atoms. The number of fused-ring (bicyclic) bond motifs is 1. The van der Waals surface area contributed by atoms with Crippen molar-refractivity contribution in [3.05, 3.63) is 42.2 Å². The van der Waals surface area contributed by atoms with Gasteiger partial charge in [0.1, 0.15) is 0 Å². The molecular weight excluding hydrogens is 454 g/mol. The molecule has 0 unspecified atom stereocenters. The first-order valence-electron chi connectivity index (χ1n) is 11.7. The zero-order valence-electron chi connectivity index (χ0n) is 19.8. The summed E-state index contributed by atoms with van der Waals surface area (Å²) in [6.07, 6.45) is 1.78. The third kappa shape index (κ3) is 8.87. The van der Waals surface area contributed by atoms with Crippen LogP contribution >= 0.6 is 0 Å². The lowest BCUT2D eigenvalue weighted by atomic mass is 10.1. The molecule has 3 rings (SSSR count). The maximum absolute atomic E-state index is 11.4. The maximum Gasteiger partial charge on any atom is 0.317 e. The van der Waals surface area contributed by atoms with E-state index in [4.69, 9.17) is 0 Å². The number of pyridine rings is 1. The van der Waals surface area contributed by atoms with Crippen LogP contribution in [0.15, 0.2) is 36.5 Å². The van der Waals surface area contributed by atoms with Crippen LogP contribution in [0.1, 0.15) is 5.69 Å². The number of carboxylic acids is 3. The lowest BCUT2D eigenvalue weighted by Crippen LogP contribution is -2.48. The normalized spacial score (nSPS) is 18.1. The number of aromatic nitrogens is 1. The Labute approximate surface area is 204 Å². The first-order chi connectivity index (χ1) is 16.8. The summed E-state index contributed by atoms with van der Waals surface area (Å²) in [5.74, 6) is -2.84. The minimum Gasteiger partial charge on any atom is -0.480 e. The molecule has 3 N–H and O–H groups in total. The van der Waals surface area contributed by atoms with E-state index >= 15 is 0 Å². The highest BCUT2D eigenvalue weighted by atomic mass is 16.4. The van der Waals surface area contributed by atoms with Gasteiger partial charge in [0.15, 0.2) is 0 Å². The van der Waals surface area contributed by atoms with E-state index < -0.39 is 17.9 Å². The SMILES string of the molecule is O=C(O)CN1CCN(CC(=O)O)CCN(Cc2nccc3ccccc23)CCN(CC(=O)O)CC1. The summed E-state index contributed by atoms with van der Waals surface area (Å²) in [4.78, 5) is 46.3. The Morgan fingerprint density at radius 2 is 1.09 bits per heavy atom. The van der Waals surface area contributed by atoms with Crippen LogP contribution in [0.3, 0.4) is 0 Å². The second-order valence-corrected chi connectivity index (χ2v) is 8.76. The second-order valence-electron chi connectivity index (χ2n) is 8.76. The molecule has 0 amide bonds. The van der Waals surface area contributed by atoms with Gasteiger partial charge in [-0.2, -0.15) is 0 Å². The summed E-state index contributed by atoms with van der Waals surface area (Å²) in [6, 6.07) is 9.96. The van der Waals surface area contributed by atoms with Gasteiger partial charge in [0.25, 0.3) is 0 Å². The van der Waals surface area contributed by atoms with E-state index in [1.165, 1.54) is 0 Å². The molecule has 0 radical (unpaired) electrons. The number of nitrogens with zero attached hydrogens (tertiary/aromatic N) is 5. The van der Waals surface area contributed by atoms with Crippen molar-refractivity contribution in [2.45, 2.75) is 6.54 Å². The van der Waals surface area contributed by atoms with Crippen LogP contribution in [0.4, 0.5) is 0 Å². The molecule has 190 valence electrons. The van der Waals surface area contributed by atoms with Crippen molar-refractivity contribution in [1.29, 1.82) is 0 Å². The highest BCUT2D eigenvalue weighted by Crippen LogP contribution is 2.18. The van der Waals surface area contributed by atoms with Gasteiger partial charge in [0, 0.05) is 70.5 Å². The zero-order valence-corrected chi connectivity index (χ0v) is 19.8. The Balaban J connectivity index is 1.80. The van der Waals surface area contributed by atoms with Gasteiger partial charge in [-0.25, -0.2) is 0 Å². The molecule has 1 aliphatic heterocycles. The quantitative estimate of drug-likeness (QED) is 0.471. The van der Waals surface area contributed by atoms with Crippen LogP contribution in [-0.4, -0.2) is 130 Å². The highest BCUT2D eigenvalue weighted by Gasteiger charge is 2.20. The number of rotatable bonds is 8. The minimum absolute atomic E-state index is 0.133. The predicted molar refractivity (Wildman–Crippen MR) is 129 cm³/mol. The number of hydrogen-bond acceptors (Lipinski definition) is 8. The highest BCUT2D eigenvalue weighted by molar-refractivity contribution is 5.84. The molecule has 1 saturated heterocycles. The molecule has 1 aliphatic rings.